The van der Waals surface area contributed by atoms with Crippen molar-refractivity contribution in [3.63, 3.8) is 0 Å². The molecular formula is C27H27ClN2O4S2. The van der Waals surface area contributed by atoms with Crippen LogP contribution >= 0.6 is 23.4 Å². The topological polar surface area (TPSA) is 83.5 Å². The molecule has 9 heteroatoms. The van der Waals surface area contributed by atoms with Gasteiger partial charge in [0.05, 0.1) is 16.1 Å². The predicted octanol–water partition coefficient (Wildman–Crippen LogP) is 5.97. The summed E-state index contributed by atoms with van der Waals surface area (Å²) in [6.07, 6.45) is 3.70. The number of anilines is 1. The number of ketones is 1. The first-order chi connectivity index (χ1) is 17.2. The third-order valence-corrected chi connectivity index (χ3v) is 8.68. The van der Waals surface area contributed by atoms with Crippen LogP contribution in [0.25, 0.3) is 0 Å². The fraction of sp³-hybridized carbons (Fsp3) is 0.259. The van der Waals surface area contributed by atoms with Gasteiger partial charge in [0.2, 0.25) is 0 Å². The van der Waals surface area contributed by atoms with Crippen molar-refractivity contribution in [3.8, 4) is 0 Å². The average Bonchev–Trinajstić information content (AvgIpc) is 2.89. The van der Waals surface area contributed by atoms with E-state index in [1.807, 2.05) is 6.26 Å². The molecule has 0 atom stereocenters. The smallest absolute Gasteiger partial charge is 0.261 e. The number of halogens is 1. The molecule has 3 aromatic carbocycles. The molecule has 6 nitrogen and oxygen atoms in total. The summed E-state index contributed by atoms with van der Waals surface area (Å²) in [5, 5.41) is 0.310. The van der Waals surface area contributed by atoms with Crippen LogP contribution in [0.2, 0.25) is 5.02 Å². The molecule has 1 aliphatic rings. The highest BCUT2D eigenvalue weighted by Crippen LogP contribution is 2.30. The molecule has 0 aromatic heterocycles. The van der Waals surface area contributed by atoms with E-state index in [-0.39, 0.29) is 27.8 Å². The van der Waals surface area contributed by atoms with Crippen LogP contribution in [0.4, 0.5) is 5.69 Å². The van der Waals surface area contributed by atoms with E-state index < -0.39 is 10.0 Å². The molecule has 188 valence electrons. The molecule has 4 rings (SSSR count). The number of carbonyl (C=O) groups is 2. The monoisotopic (exact) mass is 542 g/mol. The van der Waals surface area contributed by atoms with Crippen LogP contribution in [0, 0.1) is 5.92 Å². The highest BCUT2D eigenvalue weighted by molar-refractivity contribution is 7.98. The second-order valence-corrected chi connectivity index (χ2v) is 11.8. The van der Waals surface area contributed by atoms with Gasteiger partial charge in [0.25, 0.3) is 15.9 Å². The molecule has 0 bridgehead atoms. The number of benzene rings is 3. The number of thioether (sulfide) groups is 1. The van der Waals surface area contributed by atoms with Crippen molar-refractivity contribution >= 4 is 50.8 Å². The average molecular weight is 543 g/mol. The number of carbonyl (C=O) groups excluding carboxylic acids is 2. The van der Waals surface area contributed by atoms with Crippen LogP contribution in [-0.4, -0.2) is 44.4 Å². The highest BCUT2D eigenvalue weighted by Gasteiger charge is 2.26. The maximum absolute atomic E-state index is 13.4. The van der Waals surface area contributed by atoms with Crippen molar-refractivity contribution in [1.82, 2.24) is 4.90 Å². The fourth-order valence-corrected chi connectivity index (χ4v) is 5.99. The summed E-state index contributed by atoms with van der Waals surface area (Å²) >= 11 is 7.53. The first kappa shape index (κ1) is 26.3. The van der Waals surface area contributed by atoms with Crippen LogP contribution in [0.1, 0.15) is 46.0 Å². The minimum atomic E-state index is -4.11. The second-order valence-electron chi connectivity index (χ2n) is 8.83. The Hall–Kier alpha value is -2.81. The van der Waals surface area contributed by atoms with E-state index in [2.05, 4.69) is 11.6 Å². The number of hydrogen-bond donors (Lipinski definition) is 1. The van der Waals surface area contributed by atoms with Crippen LogP contribution in [-0.2, 0) is 10.0 Å². The number of sulfonamides is 1. The summed E-state index contributed by atoms with van der Waals surface area (Å²) in [5.74, 6) is 0.0376. The molecule has 1 amide bonds. The summed E-state index contributed by atoms with van der Waals surface area (Å²) in [4.78, 5) is 28.9. The molecule has 1 saturated heterocycles. The Kier molecular flexibility index (Phi) is 8.07. The summed E-state index contributed by atoms with van der Waals surface area (Å²) in [6, 6.07) is 17.5. The van der Waals surface area contributed by atoms with Gasteiger partial charge in [0.1, 0.15) is 0 Å². The Labute approximate surface area is 221 Å². The zero-order chi connectivity index (χ0) is 25.9. The summed E-state index contributed by atoms with van der Waals surface area (Å²) < 4.78 is 29.3. The third-order valence-electron chi connectivity index (χ3n) is 6.29. The van der Waals surface area contributed by atoms with Crippen molar-refractivity contribution in [3.05, 3.63) is 88.4 Å². The quantitative estimate of drug-likeness (QED) is 0.294. The third kappa shape index (κ3) is 5.77. The Morgan fingerprint density at radius 2 is 1.67 bits per heavy atom. The highest BCUT2D eigenvalue weighted by atomic mass is 35.5. The van der Waals surface area contributed by atoms with Gasteiger partial charge in [-0.25, -0.2) is 8.42 Å². The summed E-state index contributed by atoms with van der Waals surface area (Å²) in [6.45, 7) is 3.47. The Morgan fingerprint density at radius 1 is 0.972 bits per heavy atom. The van der Waals surface area contributed by atoms with Crippen molar-refractivity contribution in [2.24, 2.45) is 5.92 Å². The van der Waals surface area contributed by atoms with Crippen LogP contribution in [0.5, 0.6) is 0 Å². The molecule has 0 saturated carbocycles. The number of nitrogens with zero attached hydrogens (tertiary/aromatic N) is 1. The molecule has 1 heterocycles. The Balaban J connectivity index is 1.67. The van der Waals surface area contributed by atoms with Gasteiger partial charge in [0.15, 0.2) is 5.78 Å². The van der Waals surface area contributed by atoms with Gasteiger partial charge in [-0.15, -0.1) is 11.8 Å². The number of nitrogens with one attached hydrogen (secondary N) is 1. The molecule has 1 aliphatic heterocycles. The first-order valence-electron chi connectivity index (χ1n) is 11.6. The van der Waals surface area contributed by atoms with E-state index in [1.54, 1.807) is 41.3 Å². The minimum Gasteiger partial charge on any atom is -0.339 e. The van der Waals surface area contributed by atoms with E-state index in [0.717, 1.165) is 12.8 Å². The molecule has 0 radical (unpaired) electrons. The van der Waals surface area contributed by atoms with E-state index in [1.165, 1.54) is 42.1 Å². The summed E-state index contributed by atoms with van der Waals surface area (Å²) in [5.41, 5.74) is 1.02. The van der Waals surface area contributed by atoms with Gasteiger partial charge >= 0.3 is 0 Å². The number of likely N-dealkylation sites (tertiary alicyclic amines) is 1. The minimum absolute atomic E-state index is 0.0536. The lowest BCUT2D eigenvalue weighted by molar-refractivity contribution is 0.0693. The van der Waals surface area contributed by atoms with Crippen molar-refractivity contribution in [1.29, 1.82) is 0 Å². The largest absolute Gasteiger partial charge is 0.339 e. The molecule has 0 unspecified atom stereocenters. The van der Waals surface area contributed by atoms with Gasteiger partial charge < -0.3 is 4.90 Å². The molecular weight excluding hydrogens is 516 g/mol. The zero-order valence-corrected chi connectivity index (χ0v) is 22.4. The number of amides is 1. The molecule has 0 aliphatic carbocycles. The first-order valence-corrected chi connectivity index (χ1v) is 14.7. The normalized spacial score (nSPS) is 14.5. The van der Waals surface area contributed by atoms with E-state index in [9.17, 15) is 18.0 Å². The summed E-state index contributed by atoms with van der Waals surface area (Å²) in [7, 11) is -4.11. The lowest BCUT2D eigenvalue weighted by Gasteiger charge is -2.30. The molecule has 1 N–H and O–H groups in total. The number of piperidine rings is 1. The van der Waals surface area contributed by atoms with Gasteiger partial charge in [-0.3, -0.25) is 14.3 Å². The Morgan fingerprint density at radius 3 is 2.33 bits per heavy atom. The molecule has 0 spiro atoms. The van der Waals surface area contributed by atoms with Gasteiger partial charge in [-0.1, -0.05) is 48.9 Å². The maximum Gasteiger partial charge on any atom is 0.261 e. The number of rotatable bonds is 7. The van der Waals surface area contributed by atoms with Crippen LogP contribution < -0.4 is 4.72 Å². The fourth-order valence-electron chi connectivity index (χ4n) is 4.15. The van der Waals surface area contributed by atoms with Crippen LogP contribution in [0.15, 0.2) is 76.5 Å². The van der Waals surface area contributed by atoms with Crippen molar-refractivity contribution < 1.29 is 18.0 Å². The lowest BCUT2D eigenvalue weighted by Crippen LogP contribution is -2.38. The van der Waals surface area contributed by atoms with Crippen LogP contribution in [0.3, 0.4) is 0 Å². The number of hydrogen-bond acceptors (Lipinski definition) is 5. The maximum atomic E-state index is 13.4. The van der Waals surface area contributed by atoms with Gasteiger partial charge in [-0.05, 0) is 61.4 Å². The standard InChI is InChI=1S/C27H27ClN2O4S2/c1-18-12-14-30(15-13-18)27(32)23-17-21(9-11-25(23)35-2)36(33,34)29-24-10-8-20(28)16-22(24)26(31)19-6-4-3-5-7-19/h3-11,16-18,29H,12-15H2,1-2H3. The van der Waals surface area contributed by atoms with Gasteiger partial charge in [-0.2, -0.15) is 0 Å². The van der Waals surface area contributed by atoms with Crippen molar-refractivity contribution in [2.75, 3.05) is 24.1 Å². The second kappa shape index (κ2) is 11.1. The lowest BCUT2D eigenvalue weighted by atomic mass is 9.98. The van der Waals surface area contributed by atoms with Gasteiger partial charge in [0, 0.05) is 34.1 Å². The zero-order valence-electron chi connectivity index (χ0n) is 20.0. The Bertz CT molecular complexity index is 1390. The predicted molar refractivity (Wildman–Crippen MR) is 145 cm³/mol. The van der Waals surface area contributed by atoms with E-state index in [0.29, 0.717) is 40.1 Å². The van der Waals surface area contributed by atoms with E-state index >= 15 is 0 Å². The molecule has 36 heavy (non-hydrogen) atoms. The molecule has 3 aromatic rings. The van der Waals surface area contributed by atoms with Crippen molar-refractivity contribution in [2.45, 2.75) is 29.6 Å². The molecule has 1 fully saturated rings. The van der Waals surface area contributed by atoms with E-state index in [4.69, 9.17) is 11.6 Å². The SMILES string of the molecule is CSc1ccc(S(=O)(=O)Nc2ccc(Cl)cc2C(=O)c2ccccc2)cc1C(=O)N1CCC(C)CC1.